The van der Waals surface area contributed by atoms with Crippen molar-refractivity contribution >= 4 is 12.0 Å². The summed E-state index contributed by atoms with van der Waals surface area (Å²) in [5.74, 6) is -2.67. The largest absolute Gasteiger partial charge is 0.478 e. The number of benzene rings is 1. The average Bonchev–Trinajstić information content (AvgIpc) is 3.19. The van der Waals surface area contributed by atoms with Gasteiger partial charge in [-0.3, -0.25) is 9.58 Å². The smallest absolute Gasteiger partial charge is 0.328 e. The first kappa shape index (κ1) is 25.0. The predicted molar refractivity (Wildman–Crippen MR) is 128 cm³/mol. The summed E-state index contributed by atoms with van der Waals surface area (Å²) in [5, 5.41) is 13.1. The Balaban J connectivity index is 1.79. The quantitative estimate of drug-likeness (QED) is 0.532. The standard InChI is InChI=1S/C27H30F3N3O2/c1-16-9-19-12-18(20-13-31-32(4)14-20)6-7-21(19)26(33(16)15-27(2,3)30)25-22(28)10-17(11-23(25)29)5-8-24(34)35/h5-8,10-11,13-14,16,18,26H,9,12,15H2,1-4H3,(H,34,35)/b8-5+/t16-,18?,26?/m1/s1. The van der Waals surface area contributed by atoms with Gasteiger partial charge in [0.25, 0.3) is 0 Å². The Morgan fingerprint density at radius 1 is 1.26 bits per heavy atom. The number of rotatable bonds is 6. The second-order valence-electron chi connectivity index (χ2n) is 10.1. The molecule has 1 aliphatic heterocycles. The van der Waals surface area contributed by atoms with Crippen LogP contribution >= 0.6 is 0 Å². The van der Waals surface area contributed by atoms with Gasteiger partial charge in [0.15, 0.2) is 0 Å². The number of carboxylic acids is 1. The van der Waals surface area contributed by atoms with Crippen LogP contribution in [-0.4, -0.2) is 44.0 Å². The number of carboxylic acid groups (broad SMARTS) is 1. The van der Waals surface area contributed by atoms with Crippen molar-refractivity contribution in [1.82, 2.24) is 14.7 Å². The number of aliphatic carboxylic acids is 1. The number of hydrogen-bond acceptors (Lipinski definition) is 3. The maximum absolute atomic E-state index is 15.5. The van der Waals surface area contributed by atoms with E-state index >= 15 is 8.78 Å². The van der Waals surface area contributed by atoms with Gasteiger partial charge in [-0.15, -0.1) is 0 Å². The van der Waals surface area contributed by atoms with E-state index in [0.717, 1.165) is 41.0 Å². The van der Waals surface area contributed by atoms with Gasteiger partial charge in [0, 0.05) is 43.4 Å². The van der Waals surface area contributed by atoms with Crippen LogP contribution in [0.15, 0.2) is 53.9 Å². The fraction of sp³-hybridized carbons (Fsp3) is 0.407. The lowest BCUT2D eigenvalue weighted by molar-refractivity contribution is -0.131. The number of nitrogens with zero attached hydrogens (tertiary/aromatic N) is 3. The summed E-state index contributed by atoms with van der Waals surface area (Å²) >= 11 is 0. The van der Waals surface area contributed by atoms with E-state index in [9.17, 15) is 9.18 Å². The summed E-state index contributed by atoms with van der Waals surface area (Å²) in [5.41, 5.74) is 1.35. The van der Waals surface area contributed by atoms with Crippen LogP contribution < -0.4 is 0 Å². The zero-order valence-electron chi connectivity index (χ0n) is 20.3. The Morgan fingerprint density at radius 3 is 2.51 bits per heavy atom. The summed E-state index contributed by atoms with van der Waals surface area (Å²) < 4.78 is 47.5. The van der Waals surface area contributed by atoms with E-state index in [1.807, 2.05) is 43.4 Å². The van der Waals surface area contributed by atoms with Crippen LogP contribution in [0.2, 0.25) is 0 Å². The number of aromatic nitrogens is 2. The Kier molecular flexibility index (Phi) is 6.77. The van der Waals surface area contributed by atoms with Crippen molar-refractivity contribution < 1.29 is 23.1 Å². The highest BCUT2D eigenvalue weighted by Gasteiger charge is 2.41. The molecule has 0 spiro atoms. The molecule has 0 fully saturated rings. The average molecular weight is 486 g/mol. The van der Waals surface area contributed by atoms with E-state index in [4.69, 9.17) is 5.11 Å². The highest BCUT2D eigenvalue weighted by atomic mass is 19.1. The minimum atomic E-state index is -1.57. The van der Waals surface area contributed by atoms with E-state index in [1.54, 1.807) is 4.68 Å². The van der Waals surface area contributed by atoms with E-state index in [1.165, 1.54) is 13.8 Å². The summed E-state index contributed by atoms with van der Waals surface area (Å²) in [4.78, 5) is 12.7. The molecule has 0 amide bonds. The minimum absolute atomic E-state index is 0.00896. The number of carbonyl (C=O) groups is 1. The fourth-order valence-electron chi connectivity index (χ4n) is 5.17. The van der Waals surface area contributed by atoms with Gasteiger partial charge in [0.2, 0.25) is 0 Å². The molecule has 5 nitrogen and oxygen atoms in total. The van der Waals surface area contributed by atoms with Crippen LogP contribution in [0, 0.1) is 11.6 Å². The molecule has 1 aromatic heterocycles. The molecular weight excluding hydrogens is 455 g/mol. The molecule has 0 radical (unpaired) electrons. The molecule has 2 heterocycles. The van der Waals surface area contributed by atoms with Crippen LogP contribution in [0.1, 0.15) is 62.3 Å². The third kappa shape index (κ3) is 5.42. The second-order valence-corrected chi connectivity index (χ2v) is 10.1. The zero-order chi connectivity index (χ0) is 25.5. The number of aryl methyl sites for hydroxylation is 1. The van der Waals surface area contributed by atoms with Crippen molar-refractivity contribution in [2.75, 3.05) is 6.54 Å². The summed E-state index contributed by atoms with van der Waals surface area (Å²) in [7, 11) is 1.86. The van der Waals surface area contributed by atoms with Crippen LogP contribution in [0.5, 0.6) is 0 Å². The lowest BCUT2D eigenvalue weighted by Gasteiger charge is -2.46. The molecule has 1 N–H and O–H groups in total. The number of hydrogen-bond donors (Lipinski definition) is 1. The van der Waals surface area contributed by atoms with Crippen molar-refractivity contribution in [2.45, 2.75) is 57.3 Å². The first-order chi connectivity index (χ1) is 16.4. The topological polar surface area (TPSA) is 58.4 Å². The molecule has 1 aromatic carbocycles. The third-order valence-corrected chi connectivity index (χ3v) is 6.62. The van der Waals surface area contributed by atoms with Crippen molar-refractivity contribution in [1.29, 1.82) is 0 Å². The molecule has 0 saturated heterocycles. The Labute approximate surface area is 203 Å². The summed E-state index contributed by atoms with van der Waals surface area (Å²) in [6.07, 6.45) is 11.1. The maximum Gasteiger partial charge on any atom is 0.328 e. The van der Waals surface area contributed by atoms with E-state index in [2.05, 4.69) is 5.10 Å². The van der Waals surface area contributed by atoms with Gasteiger partial charge in [-0.2, -0.15) is 5.10 Å². The van der Waals surface area contributed by atoms with Crippen molar-refractivity contribution in [3.63, 3.8) is 0 Å². The fourth-order valence-corrected chi connectivity index (χ4v) is 5.17. The van der Waals surface area contributed by atoms with Crippen molar-refractivity contribution in [2.24, 2.45) is 7.05 Å². The number of alkyl halides is 1. The van der Waals surface area contributed by atoms with Gasteiger partial charge in [-0.1, -0.05) is 17.7 Å². The van der Waals surface area contributed by atoms with Gasteiger partial charge in [0.05, 0.1) is 12.2 Å². The molecular formula is C27H30F3N3O2. The van der Waals surface area contributed by atoms with Gasteiger partial charge >= 0.3 is 5.97 Å². The minimum Gasteiger partial charge on any atom is -0.478 e. The predicted octanol–water partition coefficient (Wildman–Crippen LogP) is 5.72. The molecule has 2 unspecified atom stereocenters. The molecule has 0 bridgehead atoms. The molecule has 2 aromatic rings. The van der Waals surface area contributed by atoms with Crippen molar-refractivity contribution in [3.05, 3.63) is 82.2 Å². The lowest BCUT2D eigenvalue weighted by Crippen LogP contribution is -2.47. The monoisotopic (exact) mass is 485 g/mol. The Morgan fingerprint density at radius 2 is 1.94 bits per heavy atom. The number of halogens is 3. The van der Waals surface area contributed by atoms with Gasteiger partial charge in [0.1, 0.15) is 17.3 Å². The molecule has 35 heavy (non-hydrogen) atoms. The van der Waals surface area contributed by atoms with Crippen LogP contribution in [0.25, 0.3) is 6.08 Å². The second kappa shape index (κ2) is 9.49. The van der Waals surface area contributed by atoms with Crippen LogP contribution in [-0.2, 0) is 11.8 Å². The van der Waals surface area contributed by atoms with E-state index in [-0.39, 0.29) is 29.6 Å². The SMILES string of the molecule is C[C@@H]1CC2=C(C=CC(c3cnn(C)c3)C2)C(c2c(F)cc(/C=C/C(=O)O)cc2F)N1CC(C)(C)F. The highest BCUT2D eigenvalue weighted by Crippen LogP contribution is 2.47. The first-order valence-corrected chi connectivity index (χ1v) is 11.7. The molecule has 4 rings (SSSR count). The molecule has 0 saturated carbocycles. The molecule has 186 valence electrons. The Hall–Kier alpha value is -3.13. The summed E-state index contributed by atoms with van der Waals surface area (Å²) in [6, 6.07) is 1.31. The first-order valence-electron chi connectivity index (χ1n) is 11.7. The maximum atomic E-state index is 15.5. The van der Waals surface area contributed by atoms with E-state index in [0.29, 0.717) is 12.8 Å². The summed E-state index contributed by atoms with van der Waals surface area (Å²) in [6.45, 7) is 4.89. The molecule has 2 aliphatic rings. The Bertz CT molecular complexity index is 1200. The normalized spacial score (nSPS) is 23.2. The third-order valence-electron chi connectivity index (χ3n) is 6.62. The number of allylic oxidation sites excluding steroid dienone is 1. The lowest BCUT2D eigenvalue weighted by atomic mass is 9.76. The molecule has 8 heteroatoms. The van der Waals surface area contributed by atoms with Crippen LogP contribution in [0.3, 0.4) is 0 Å². The van der Waals surface area contributed by atoms with Gasteiger partial charge in [-0.25, -0.2) is 18.0 Å². The highest BCUT2D eigenvalue weighted by molar-refractivity contribution is 5.85. The molecule has 1 aliphatic carbocycles. The van der Waals surface area contributed by atoms with E-state index < -0.39 is 29.3 Å². The van der Waals surface area contributed by atoms with Gasteiger partial charge in [-0.05, 0) is 68.5 Å². The van der Waals surface area contributed by atoms with Crippen molar-refractivity contribution in [3.8, 4) is 0 Å². The zero-order valence-corrected chi connectivity index (χ0v) is 20.3. The molecule has 3 atom stereocenters. The van der Waals surface area contributed by atoms with Gasteiger partial charge < -0.3 is 5.11 Å². The van der Waals surface area contributed by atoms with Crippen LogP contribution in [0.4, 0.5) is 13.2 Å².